The summed E-state index contributed by atoms with van der Waals surface area (Å²) in [5.74, 6) is 1.27. The Bertz CT molecular complexity index is 469. The molecule has 2 rings (SSSR count). The van der Waals surface area contributed by atoms with E-state index in [0.29, 0.717) is 12.4 Å². The summed E-state index contributed by atoms with van der Waals surface area (Å²) in [7, 11) is 1.61. The number of aromatic nitrogens is 4. The maximum absolute atomic E-state index is 8.73. The molecule has 0 aliphatic carbocycles. The number of aliphatic hydroxyl groups excluding tert-OH is 1. The summed E-state index contributed by atoms with van der Waals surface area (Å²) in [5.41, 5.74) is 0.837. The van der Waals surface area contributed by atoms with Gasteiger partial charge in [-0.3, -0.25) is 0 Å². The van der Waals surface area contributed by atoms with Gasteiger partial charge >= 0.3 is 0 Å². The highest BCUT2D eigenvalue weighted by Crippen LogP contribution is 2.19. The van der Waals surface area contributed by atoms with Crippen LogP contribution in [0, 0.1) is 0 Å². The lowest BCUT2D eigenvalue weighted by molar-refractivity contribution is 0.259. The van der Waals surface area contributed by atoms with Gasteiger partial charge in [-0.05, 0) is 17.3 Å². The van der Waals surface area contributed by atoms with E-state index < -0.39 is 0 Å². The van der Waals surface area contributed by atoms with Crippen LogP contribution in [-0.4, -0.2) is 39.0 Å². The van der Waals surface area contributed by atoms with Crippen LogP contribution in [0.2, 0.25) is 0 Å². The predicted octanol–water partition coefficient (Wildman–Crippen LogP) is 0.341. The predicted molar refractivity (Wildman–Crippen MR) is 56.9 cm³/mol. The highest BCUT2D eigenvalue weighted by atomic mass is 16.5. The second-order valence-electron chi connectivity index (χ2n) is 3.16. The Hall–Kier alpha value is -1.95. The normalized spacial score (nSPS) is 10.4. The molecule has 0 aliphatic rings. The van der Waals surface area contributed by atoms with Gasteiger partial charge in [-0.25, -0.2) is 0 Å². The Morgan fingerprint density at radius 3 is 3.06 bits per heavy atom. The van der Waals surface area contributed by atoms with Crippen molar-refractivity contribution in [1.29, 1.82) is 0 Å². The van der Waals surface area contributed by atoms with Crippen molar-refractivity contribution in [2.24, 2.45) is 0 Å². The zero-order valence-electron chi connectivity index (χ0n) is 8.87. The molecule has 84 valence electrons. The Balaban J connectivity index is 2.27. The van der Waals surface area contributed by atoms with E-state index in [0.717, 1.165) is 11.3 Å². The van der Waals surface area contributed by atoms with Crippen LogP contribution in [0.15, 0.2) is 24.3 Å². The standard InChI is InChI=1S/C10H12N4O2/c1-16-9-4-2-3-8(7-9)10-11-13-14(12-10)5-6-15/h2-4,7,15H,5-6H2,1H3. The number of aliphatic hydroxyl groups is 1. The molecule has 1 N–H and O–H groups in total. The first-order chi connectivity index (χ1) is 7.83. The van der Waals surface area contributed by atoms with Crippen molar-refractivity contribution < 1.29 is 9.84 Å². The summed E-state index contributed by atoms with van der Waals surface area (Å²) in [6.45, 7) is 0.338. The van der Waals surface area contributed by atoms with Crippen LogP contribution >= 0.6 is 0 Å². The third-order valence-electron chi connectivity index (χ3n) is 2.08. The molecule has 0 radical (unpaired) electrons. The second kappa shape index (κ2) is 4.71. The van der Waals surface area contributed by atoms with Crippen molar-refractivity contribution in [3.63, 3.8) is 0 Å². The van der Waals surface area contributed by atoms with Gasteiger partial charge < -0.3 is 9.84 Å². The molecule has 16 heavy (non-hydrogen) atoms. The monoisotopic (exact) mass is 220 g/mol. The van der Waals surface area contributed by atoms with Gasteiger partial charge in [0.15, 0.2) is 0 Å². The molecule has 0 fully saturated rings. The first-order valence-electron chi connectivity index (χ1n) is 4.86. The van der Waals surface area contributed by atoms with Crippen molar-refractivity contribution in [2.75, 3.05) is 13.7 Å². The molecule has 0 saturated heterocycles. The highest BCUT2D eigenvalue weighted by Gasteiger charge is 2.06. The smallest absolute Gasteiger partial charge is 0.205 e. The zero-order valence-corrected chi connectivity index (χ0v) is 8.87. The Kier molecular flexibility index (Phi) is 3.11. The quantitative estimate of drug-likeness (QED) is 0.804. The van der Waals surface area contributed by atoms with Crippen molar-refractivity contribution in [3.8, 4) is 17.1 Å². The third kappa shape index (κ3) is 2.17. The molecular formula is C10H12N4O2. The maximum atomic E-state index is 8.73. The van der Waals surface area contributed by atoms with Gasteiger partial charge in [-0.2, -0.15) is 4.80 Å². The molecular weight excluding hydrogens is 208 g/mol. The fraction of sp³-hybridized carbons (Fsp3) is 0.300. The SMILES string of the molecule is COc1cccc(-c2nnn(CCO)n2)c1. The number of nitrogens with zero attached hydrogens (tertiary/aromatic N) is 4. The minimum Gasteiger partial charge on any atom is -0.497 e. The zero-order chi connectivity index (χ0) is 11.4. The molecule has 1 heterocycles. The van der Waals surface area contributed by atoms with Gasteiger partial charge in [0.25, 0.3) is 0 Å². The van der Waals surface area contributed by atoms with E-state index in [1.165, 1.54) is 4.80 Å². The van der Waals surface area contributed by atoms with Crippen LogP contribution in [0.25, 0.3) is 11.4 Å². The van der Waals surface area contributed by atoms with Gasteiger partial charge in [-0.15, -0.1) is 10.2 Å². The lowest BCUT2D eigenvalue weighted by Gasteiger charge is -2.00. The fourth-order valence-corrected chi connectivity index (χ4v) is 1.31. The summed E-state index contributed by atoms with van der Waals surface area (Å²) in [5, 5.41) is 20.6. The number of hydrogen-bond donors (Lipinski definition) is 1. The number of hydrogen-bond acceptors (Lipinski definition) is 5. The summed E-state index contributed by atoms with van der Waals surface area (Å²) in [6, 6.07) is 7.42. The molecule has 6 nitrogen and oxygen atoms in total. The third-order valence-corrected chi connectivity index (χ3v) is 2.08. The molecule has 0 atom stereocenters. The van der Waals surface area contributed by atoms with Crippen LogP contribution in [0.4, 0.5) is 0 Å². The van der Waals surface area contributed by atoms with Crippen molar-refractivity contribution in [1.82, 2.24) is 20.2 Å². The number of benzene rings is 1. The van der Waals surface area contributed by atoms with E-state index in [9.17, 15) is 0 Å². The Morgan fingerprint density at radius 2 is 2.31 bits per heavy atom. The van der Waals surface area contributed by atoms with Crippen molar-refractivity contribution >= 4 is 0 Å². The first-order valence-corrected chi connectivity index (χ1v) is 4.86. The van der Waals surface area contributed by atoms with E-state index in [-0.39, 0.29) is 6.61 Å². The first kappa shape index (κ1) is 10.6. The minimum atomic E-state index is -0.00604. The second-order valence-corrected chi connectivity index (χ2v) is 3.16. The van der Waals surface area contributed by atoms with Gasteiger partial charge in [0.05, 0.1) is 20.3 Å². The molecule has 0 spiro atoms. The molecule has 1 aromatic carbocycles. The summed E-state index contributed by atoms with van der Waals surface area (Å²) in [6.07, 6.45) is 0. The number of methoxy groups -OCH3 is 1. The minimum absolute atomic E-state index is 0.00604. The molecule has 1 aromatic heterocycles. The van der Waals surface area contributed by atoms with Crippen LogP contribution in [-0.2, 0) is 6.54 Å². The summed E-state index contributed by atoms with van der Waals surface area (Å²) in [4.78, 5) is 1.36. The average molecular weight is 220 g/mol. The molecule has 0 unspecified atom stereocenters. The van der Waals surface area contributed by atoms with E-state index in [1.54, 1.807) is 7.11 Å². The number of rotatable bonds is 4. The molecule has 0 aliphatic heterocycles. The number of tetrazole rings is 1. The molecule has 0 amide bonds. The molecule has 0 saturated carbocycles. The lowest BCUT2D eigenvalue weighted by Crippen LogP contribution is -2.05. The summed E-state index contributed by atoms with van der Waals surface area (Å²) >= 11 is 0. The Labute approximate surface area is 92.5 Å². The largest absolute Gasteiger partial charge is 0.497 e. The number of ether oxygens (including phenoxy) is 1. The van der Waals surface area contributed by atoms with E-state index >= 15 is 0 Å². The van der Waals surface area contributed by atoms with E-state index in [2.05, 4.69) is 15.4 Å². The average Bonchev–Trinajstić information content (AvgIpc) is 2.78. The van der Waals surface area contributed by atoms with Crippen LogP contribution in [0.1, 0.15) is 0 Å². The van der Waals surface area contributed by atoms with Crippen LogP contribution < -0.4 is 4.74 Å². The highest BCUT2D eigenvalue weighted by molar-refractivity contribution is 5.56. The summed E-state index contributed by atoms with van der Waals surface area (Å²) < 4.78 is 5.11. The lowest BCUT2D eigenvalue weighted by atomic mass is 10.2. The molecule has 0 bridgehead atoms. The topological polar surface area (TPSA) is 73.1 Å². The molecule has 2 aromatic rings. The van der Waals surface area contributed by atoms with Crippen LogP contribution in [0.3, 0.4) is 0 Å². The van der Waals surface area contributed by atoms with E-state index in [4.69, 9.17) is 9.84 Å². The van der Waals surface area contributed by atoms with Gasteiger partial charge in [0, 0.05) is 5.56 Å². The molecule has 6 heteroatoms. The Morgan fingerprint density at radius 1 is 1.44 bits per heavy atom. The van der Waals surface area contributed by atoms with Crippen molar-refractivity contribution in [2.45, 2.75) is 6.54 Å². The van der Waals surface area contributed by atoms with Gasteiger partial charge in [-0.1, -0.05) is 12.1 Å². The maximum Gasteiger partial charge on any atom is 0.205 e. The van der Waals surface area contributed by atoms with Gasteiger partial charge in [0.2, 0.25) is 5.82 Å². The van der Waals surface area contributed by atoms with Crippen molar-refractivity contribution in [3.05, 3.63) is 24.3 Å². The van der Waals surface area contributed by atoms with Gasteiger partial charge in [0.1, 0.15) is 5.75 Å². The fourth-order valence-electron chi connectivity index (χ4n) is 1.31. The van der Waals surface area contributed by atoms with Crippen LogP contribution in [0.5, 0.6) is 5.75 Å². The van der Waals surface area contributed by atoms with E-state index in [1.807, 2.05) is 24.3 Å².